The number of oxime groups is 1. The van der Waals surface area contributed by atoms with Gasteiger partial charge in [0.15, 0.2) is 0 Å². The molecule has 3 heterocycles. The Kier molecular flexibility index (Phi) is 8.11. The zero-order chi connectivity index (χ0) is 24.8. The lowest BCUT2D eigenvalue weighted by Crippen LogP contribution is -2.32. The molecule has 35 heavy (non-hydrogen) atoms. The van der Waals surface area contributed by atoms with Crippen molar-refractivity contribution in [1.82, 2.24) is 14.9 Å². The van der Waals surface area contributed by atoms with Crippen molar-refractivity contribution in [1.29, 1.82) is 0 Å². The molecule has 184 valence electrons. The second kappa shape index (κ2) is 11.2. The molecule has 1 fully saturated rings. The molecule has 0 spiro atoms. The molecule has 0 radical (unpaired) electrons. The lowest BCUT2D eigenvalue weighted by Gasteiger charge is -2.32. The summed E-state index contributed by atoms with van der Waals surface area (Å²) in [4.78, 5) is 15.8. The number of aromatic nitrogens is 2. The van der Waals surface area contributed by atoms with E-state index in [9.17, 15) is 9.50 Å². The smallest absolute Gasteiger partial charge is 0.212 e. The molecule has 4 rings (SSSR count). The van der Waals surface area contributed by atoms with Gasteiger partial charge in [0.25, 0.3) is 0 Å². The van der Waals surface area contributed by atoms with Crippen LogP contribution in [-0.4, -0.2) is 51.0 Å². The quantitative estimate of drug-likeness (QED) is 0.264. The molecule has 6 nitrogen and oxygen atoms in total. The summed E-state index contributed by atoms with van der Waals surface area (Å²) >= 11 is 5.95. The third-order valence-corrected chi connectivity index (χ3v) is 6.24. The largest absolute Gasteiger partial charge is 0.392 e. The summed E-state index contributed by atoms with van der Waals surface area (Å²) in [5.74, 6) is -0.00339. The number of piperidine rings is 1. The molecule has 2 aromatic heterocycles. The van der Waals surface area contributed by atoms with Crippen LogP contribution in [0, 0.1) is 5.95 Å². The highest BCUT2D eigenvalue weighted by Gasteiger charge is 2.21. The van der Waals surface area contributed by atoms with Gasteiger partial charge in [-0.25, -0.2) is 9.97 Å². The molecule has 3 aromatic rings. The number of hydrogen-bond acceptors (Lipinski definition) is 6. The van der Waals surface area contributed by atoms with Gasteiger partial charge in [0, 0.05) is 30.1 Å². The molecule has 0 aliphatic carbocycles. The van der Waals surface area contributed by atoms with Crippen molar-refractivity contribution in [3.63, 3.8) is 0 Å². The normalized spacial score (nSPS) is 15.9. The molecular formula is C27H30ClFN4O2. The van der Waals surface area contributed by atoms with Gasteiger partial charge in [-0.15, -0.1) is 0 Å². The van der Waals surface area contributed by atoms with Crippen molar-refractivity contribution in [2.75, 3.05) is 19.7 Å². The van der Waals surface area contributed by atoms with E-state index < -0.39 is 11.5 Å². The summed E-state index contributed by atoms with van der Waals surface area (Å²) in [6.45, 7) is 6.23. The van der Waals surface area contributed by atoms with Crippen molar-refractivity contribution < 1.29 is 14.3 Å². The van der Waals surface area contributed by atoms with Crippen molar-refractivity contribution in [2.45, 2.75) is 44.8 Å². The van der Waals surface area contributed by atoms with Crippen molar-refractivity contribution in [2.24, 2.45) is 5.16 Å². The fraction of sp³-hybridized carbons (Fsp3) is 0.370. The van der Waals surface area contributed by atoms with E-state index >= 15 is 0 Å². The Bertz CT molecular complexity index is 1120. The molecular weight excluding hydrogens is 467 g/mol. The molecule has 1 aliphatic rings. The Balaban J connectivity index is 1.40. The Morgan fingerprint density at radius 1 is 1.06 bits per heavy atom. The van der Waals surface area contributed by atoms with Gasteiger partial charge in [-0.1, -0.05) is 47.1 Å². The van der Waals surface area contributed by atoms with E-state index in [-0.39, 0.29) is 6.61 Å². The van der Waals surface area contributed by atoms with E-state index in [4.69, 9.17) is 16.4 Å². The molecule has 1 N–H and O–H groups in total. The number of aliphatic hydroxyl groups is 1. The summed E-state index contributed by atoms with van der Waals surface area (Å²) in [7, 11) is 0. The highest BCUT2D eigenvalue weighted by molar-refractivity contribution is 6.29. The third kappa shape index (κ3) is 7.31. The topological polar surface area (TPSA) is 70.8 Å². The van der Waals surface area contributed by atoms with Gasteiger partial charge in [-0.3, -0.25) is 4.90 Å². The number of rotatable bonds is 8. The summed E-state index contributed by atoms with van der Waals surface area (Å²) in [5, 5.41) is 14.7. The summed E-state index contributed by atoms with van der Waals surface area (Å²) in [5.41, 5.74) is 3.62. The van der Waals surface area contributed by atoms with Crippen molar-refractivity contribution in [3.8, 4) is 0 Å². The first-order valence-electron chi connectivity index (χ1n) is 11.7. The maximum absolute atomic E-state index is 13.1. The Hall–Kier alpha value is -2.87. The number of pyridine rings is 2. The molecule has 8 heteroatoms. The summed E-state index contributed by atoms with van der Waals surface area (Å²) < 4.78 is 13.1. The summed E-state index contributed by atoms with van der Waals surface area (Å²) in [6.07, 6.45) is 5.38. The molecule has 1 aliphatic heterocycles. The Morgan fingerprint density at radius 2 is 1.77 bits per heavy atom. The highest BCUT2D eigenvalue weighted by atomic mass is 35.5. The van der Waals surface area contributed by atoms with Gasteiger partial charge < -0.3 is 9.94 Å². The van der Waals surface area contributed by atoms with Crippen LogP contribution in [-0.2, 0) is 11.4 Å². The van der Waals surface area contributed by atoms with E-state index in [2.05, 4.69) is 32.2 Å². The van der Waals surface area contributed by atoms with Crippen LogP contribution in [0.15, 0.2) is 66.1 Å². The van der Waals surface area contributed by atoms with Crippen molar-refractivity contribution in [3.05, 3.63) is 94.3 Å². The lowest BCUT2D eigenvalue weighted by atomic mass is 9.90. The first-order chi connectivity index (χ1) is 16.8. The molecule has 0 atom stereocenters. The molecule has 1 aromatic carbocycles. The maximum Gasteiger partial charge on any atom is 0.212 e. The predicted octanol–water partition coefficient (Wildman–Crippen LogP) is 5.19. The fourth-order valence-corrected chi connectivity index (χ4v) is 4.23. The van der Waals surface area contributed by atoms with Crippen LogP contribution >= 0.6 is 11.6 Å². The number of hydrogen-bond donors (Lipinski definition) is 1. The minimum absolute atomic E-state index is 0.0690. The Labute approximate surface area is 210 Å². The van der Waals surface area contributed by atoms with Crippen molar-refractivity contribution >= 4 is 17.3 Å². The van der Waals surface area contributed by atoms with Crippen LogP contribution in [0.4, 0.5) is 4.39 Å². The van der Waals surface area contributed by atoms with Crippen LogP contribution in [0.2, 0.25) is 5.15 Å². The maximum atomic E-state index is 13.1. The minimum Gasteiger partial charge on any atom is -0.392 e. The Morgan fingerprint density at radius 3 is 2.37 bits per heavy atom. The predicted molar refractivity (Wildman–Crippen MR) is 135 cm³/mol. The average Bonchev–Trinajstić information content (AvgIpc) is 2.84. The average molecular weight is 497 g/mol. The minimum atomic E-state index is -0.989. The fourth-order valence-electron chi connectivity index (χ4n) is 4.12. The van der Waals surface area contributed by atoms with Crippen LogP contribution in [0.1, 0.15) is 54.9 Å². The monoisotopic (exact) mass is 496 g/mol. The zero-order valence-electron chi connectivity index (χ0n) is 20.0. The zero-order valence-corrected chi connectivity index (χ0v) is 20.7. The number of nitrogens with zero attached hydrogens (tertiary/aromatic N) is 4. The third-order valence-electron chi connectivity index (χ3n) is 6.02. The standard InChI is InChI=1S/C27H30ClFN4O2/c1-27(2,34)18-35-32-26(23-7-9-24(28)30-16-23)21-5-3-19(4-6-21)17-33-13-11-20(12-14-33)22-8-10-25(29)31-15-22/h3-10,15-16,20,34H,11-14,17-18H2,1-2H3/b32-26+. The van der Waals surface area contributed by atoms with Gasteiger partial charge in [-0.05, 0) is 75.0 Å². The number of halogens is 2. The van der Waals surface area contributed by atoms with Gasteiger partial charge in [0.1, 0.15) is 17.5 Å². The van der Waals surface area contributed by atoms with E-state index in [1.165, 1.54) is 11.6 Å². The van der Waals surface area contributed by atoms with Crippen LogP contribution in [0.25, 0.3) is 0 Å². The van der Waals surface area contributed by atoms with Gasteiger partial charge in [0.2, 0.25) is 5.95 Å². The number of benzene rings is 1. The van der Waals surface area contributed by atoms with E-state index in [1.807, 2.05) is 24.3 Å². The second-order valence-electron chi connectivity index (χ2n) is 9.56. The van der Waals surface area contributed by atoms with E-state index in [0.29, 0.717) is 16.8 Å². The molecule has 0 amide bonds. The van der Waals surface area contributed by atoms with Gasteiger partial charge in [-0.2, -0.15) is 4.39 Å². The number of likely N-dealkylation sites (tertiary alicyclic amines) is 1. The first-order valence-corrected chi connectivity index (χ1v) is 12.1. The molecule has 0 unspecified atom stereocenters. The first kappa shape index (κ1) is 25.2. The lowest BCUT2D eigenvalue weighted by molar-refractivity contribution is -0.0189. The molecule has 0 bridgehead atoms. The second-order valence-corrected chi connectivity index (χ2v) is 9.94. The molecule has 1 saturated heterocycles. The highest BCUT2D eigenvalue weighted by Crippen LogP contribution is 2.28. The van der Waals surface area contributed by atoms with E-state index in [0.717, 1.165) is 49.2 Å². The van der Waals surface area contributed by atoms with Crippen LogP contribution in [0.3, 0.4) is 0 Å². The summed E-state index contributed by atoms with van der Waals surface area (Å²) in [6, 6.07) is 15.1. The van der Waals surface area contributed by atoms with Crippen LogP contribution in [0.5, 0.6) is 0 Å². The van der Waals surface area contributed by atoms with Gasteiger partial charge >= 0.3 is 0 Å². The molecule has 0 saturated carbocycles. The van der Waals surface area contributed by atoms with Crippen LogP contribution < -0.4 is 0 Å². The van der Waals surface area contributed by atoms with E-state index in [1.54, 1.807) is 32.3 Å². The van der Waals surface area contributed by atoms with Gasteiger partial charge in [0.05, 0.1) is 5.60 Å². The SMILES string of the molecule is CC(C)(O)CO/N=C(\c1ccc(CN2CCC(c3ccc(F)nc3)CC2)cc1)c1ccc(Cl)nc1.